The number of para-hydroxylation sites is 1. The van der Waals surface area contributed by atoms with Gasteiger partial charge in [0.2, 0.25) is 11.6 Å². The van der Waals surface area contributed by atoms with Gasteiger partial charge in [0, 0.05) is 11.1 Å². The van der Waals surface area contributed by atoms with Crippen LogP contribution in [0.3, 0.4) is 0 Å². The molecule has 0 aromatic heterocycles. The maximum Gasteiger partial charge on any atom is 0.363 e. The second-order valence-corrected chi connectivity index (χ2v) is 5.72. The molecule has 0 saturated heterocycles. The Bertz CT molecular complexity index is 923. The Morgan fingerprint density at radius 1 is 1.00 bits per heavy atom. The molecule has 0 spiro atoms. The van der Waals surface area contributed by atoms with Crippen molar-refractivity contribution >= 4 is 17.9 Å². The van der Waals surface area contributed by atoms with Crippen LogP contribution in [-0.4, -0.2) is 39.8 Å². The van der Waals surface area contributed by atoms with E-state index < -0.39 is 5.97 Å². The first-order chi connectivity index (χ1) is 13.6. The maximum absolute atomic E-state index is 12.3. The van der Waals surface area contributed by atoms with Crippen LogP contribution in [0.2, 0.25) is 0 Å². The topological polar surface area (TPSA) is 75.6 Å². The Balaban J connectivity index is 2.01. The van der Waals surface area contributed by atoms with Crippen molar-refractivity contribution < 1.29 is 28.5 Å². The summed E-state index contributed by atoms with van der Waals surface area (Å²) in [5.41, 5.74) is 1.45. The van der Waals surface area contributed by atoms with Crippen LogP contribution in [0.15, 0.2) is 47.1 Å². The van der Waals surface area contributed by atoms with Crippen molar-refractivity contribution in [2.45, 2.75) is 6.92 Å². The van der Waals surface area contributed by atoms with Crippen molar-refractivity contribution in [1.29, 1.82) is 0 Å². The minimum Gasteiger partial charge on any atom is -0.493 e. The molecule has 0 bridgehead atoms. The molecule has 1 aliphatic heterocycles. The van der Waals surface area contributed by atoms with E-state index in [1.165, 1.54) is 21.3 Å². The van der Waals surface area contributed by atoms with Gasteiger partial charge in [-0.1, -0.05) is 18.2 Å². The summed E-state index contributed by atoms with van der Waals surface area (Å²) in [5.74, 6) is 1.60. The summed E-state index contributed by atoms with van der Waals surface area (Å²) < 4.78 is 26.9. The lowest BCUT2D eigenvalue weighted by Crippen LogP contribution is -2.07. The van der Waals surface area contributed by atoms with Crippen LogP contribution in [0.4, 0.5) is 0 Å². The minimum atomic E-state index is -0.546. The molecular formula is C21H21NO6. The molecule has 0 saturated carbocycles. The molecule has 2 aromatic carbocycles. The summed E-state index contributed by atoms with van der Waals surface area (Å²) in [6, 6.07) is 10.7. The van der Waals surface area contributed by atoms with E-state index in [1.807, 2.05) is 31.2 Å². The second kappa shape index (κ2) is 8.47. The van der Waals surface area contributed by atoms with Crippen molar-refractivity contribution in [3.63, 3.8) is 0 Å². The van der Waals surface area contributed by atoms with Crippen LogP contribution in [0, 0.1) is 0 Å². The number of hydrogen-bond acceptors (Lipinski definition) is 7. The molecule has 1 heterocycles. The third kappa shape index (κ3) is 3.78. The van der Waals surface area contributed by atoms with Gasteiger partial charge in [0.05, 0.1) is 27.9 Å². The Labute approximate surface area is 163 Å². The average Bonchev–Trinajstić information content (AvgIpc) is 3.08. The van der Waals surface area contributed by atoms with E-state index in [1.54, 1.807) is 18.2 Å². The lowest BCUT2D eigenvalue weighted by molar-refractivity contribution is -0.129. The van der Waals surface area contributed by atoms with Crippen molar-refractivity contribution in [3.8, 4) is 23.0 Å². The number of benzene rings is 2. The standard InChI is InChI=1S/C21H21NO6/c1-5-27-16-9-7-6-8-13(16)10-15-21(23)28-20(22-15)14-11-17(24-2)19(26-4)18(12-14)25-3/h6-12H,5H2,1-4H3/b15-10+. The lowest BCUT2D eigenvalue weighted by atomic mass is 10.1. The van der Waals surface area contributed by atoms with Crippen LogP contribution >= 0.6 is 0 Å². The Kier molecular flexibility index (Phi) is 5.84. The van der Waals surface area contributed by atoms with Crippen molar-refractivity contribution in [2.24, 2.45) is 4.99 Å². The number of aliphatic imine (C=N–C) groups is 1. The summed E-state index contributed by atoms with van der Waals surface area (Å²) in [6.07, 6.45) is 1.64. The molecule has 3 rings (SSSR count). The van der Waals surface area contributed by atoms with Gasteiger partial charge in [-0.2, -0.15) is 0 Å². The van der Waals surface area contributed by atoms with Crippen LogP contribution in [-0.2, 0) is 9.53 Å². The van der Waals surface area contributed by atoms with Crippen LogP contribution < -0.4 is 18.9 Å². The number of carbonyl (C=O) groups excluding carboxylic acids is 1. The summed E-state index contributed by atoms with van der Waals surface area (Å²) in [5, 5.41) is 0. The highest BCUT2D eigenvalue weighted by atomic mass is 16.6. The molecule has 7 nitrogen and oxygen atoms in total. The normalized spacial score (nSPS) is 14.5. The third-order valence-electron chi connectivity index (χ3n) is 4.04. The zero-order valence-corrected chi connectivity index (χ0v) is 16.1. The van der Waals surface area contributed by atoms with Gasteiger partial charge in [-0.15, -0.1) is 0 Å². The van der Waals surface area contributed by atoms with Crippen molar-refractivity contribution in [1.82, 2.24) is 0 Å². The van der Waals surface area contributed by atoms with E-state index in [-0.39, 0.29) is 11.6 Å². The van der Waals surface area contributed by atoms with Gasteiger partial charge in [-0.25, -0.2) is 9.79 Å². The SMILES string of the molecule is CCOc1ccccc1/C=C1/N=C(c2cc(OC)c(OC)c(OC)c2)OC1=O. The van der Waals surface area contributed by atoms with Crippen molar-refractivity contribution in [3.05, 3.63) is 53.2 Å². The molecule has 0 atom stereocenters. The summed E-state index contributed by atoms with van der Waals surface area (Å²) in [4.78, 5) is 16.7. The molecule has 0 amide bonds. The second-order valence-electron chi connectivity index (χ2n) is 5.72. The van der Waals surface area contributed by atoms with Gasteiger partial charge in [-0.05, 0) is 31.2 Å². The first-order valence-corrected chi connectivity index (χ1v) is 8.66. The molecule has 0 fully saturated rings. The minimum absolute atomic E-state index is 0.157. The van der Waals surface area contributed by atoms with E-state index in [9.17, 15) is 4.79 Å². The highest BCUT2D eigenvalue weighted by Gasteiger charge is 2.26. The molecular weight excluding hydrogens is 362 g/mol. The van der Waals surface area contributed by atoms with E-state index in [0.29, 0.717) is 35.2 Å². The Hall–Kier alpha value is -3.48. The van der Waals surface area contributed by atoms with Gasteiger partial charge >= 0.3 is 5.97 Å². The summed E-state index contributed by atoms with van der Waals surface area (Å²) >= 11 is 0. The Morgan fingerprint density at radius 3 is 2.29 bits per heavy atom. The van der Waals surface area contributed by atoms with Gasteiger partial charge in [-0.3, -0.25) is 0 Å². The fourth-order valence-electron chi connectivity index (χ4n) is 2.77. The summed E-state index contributed by atoms with van der Waals surface area (Å²) in [7, 11) is 4.54. The molecule has 1 aliphatic rings. The first kappa shape index (κ1) is 19.3. The molecule has 7 heteroatoms. The fraction of sp³-hybridized carbons (Fsp3) is 0.238. The first-order valence-electron chi connectivity index (χ1n) is 8.66. The average molecular weight is 383 g/mol. The number of ether oxygens (including phenoxy) is 5. The van der Waals surface area contributed by atoms with Gasteiger partial charge in [0.25, 0.3) is 0 Å². The number of cyclic esters (lactones) is 1. The van der Waals surface area contributed by atoms with E-state index in [2.05, 4.69) is 4.99 Å². The fourth-order valence-corrected chi connectivity index (χ4v) is 2.77. The molecule has 28 heavy (non-hydrogen) atoms. The molecule has 2 aromatic rings. The van der Waals surface area contributed by atoms with Gasteiger partial charge in [0.1, 0.15) is 5.75 Å². The largest absolute Gasteiger partial charge is 0.493 e. The van der Waals surface area contributed by atoms with Gasteiger partial charge in [0.15, 0.2) is 17.2 Å². The number of carbonyl (C=O) groups is 1. The number of hydrogen-bond donors (Lipinski definition) is 0. The van der Waals surface area contributed by atoms with E-state index in [4.69, 9.17) is 23.7 Å². The van der Waals surface area contributed by atoms with Gasteiger partial charge < -0.3 is 23.7 Å². The van der Waals surface area contributed by atoms with E-state index >= 15 is 0 Å². The third-order valence-corrected chi connectivity index (χ3v) is 4.04. The van der Waals surface area contributed by atoms with Crippen LogP contribution in [0.5, 0.6) is 23.0 Å². The van der Waals surface area contributed by atoms with E-state index in [0.717, 1.165) is 5.56 Å². The number of methoxy groups -OCH3 is 3. The molecule has 0 unspecified atom stereocenters. The molecule has 0 radical (unpaired) electrons. The highest BCUT2D eigenvalue weighted by Crippen LogP contribution is 2.39. The summed E-state index contributed by atoms with van der Waals surface area (Å²) in [6.45, 7) is 2.42. The maximum atomic E-state index is 12.3. The zero-order chi connectivity index (χ0) is 20.1. The molecule has 146 valence electrons. The number of nitrogens with zero attached hydrogens (tertiary/aromatic N) is 1. The lowest BCUT2D eigenvalue weighted by Gasteiger charge is -2.13. The predicted molar refractivity (Wildman–Crippen MR) is 104 cm³/mol. The number of rotatable bonds is 7. The quantitative estimate of drug-likeness (QED) is 0.538. The monoisotopic (exact) mass is 383 g/mol. The highest BCUT2D eigenvalue weighted by molar-refractivity contribution is 6.13. The number of esters is 1. The Morgan fingerprint density at radius 2 is 1.68 bits per heavy atom. The zero-order valence-electron chi connectivity index (χ0n) is 16.1. The molecule has 0 aliphatic carbocycles. The predicted octanol–water partition coefficient (Wildman–Crippen LogP) is 3.46. The smallest absolute Gasteiger partial charge is 0.363 e. The molecule has 0 N–H and O–H groups in total. The van der Waals surface area contributed by atoms with Crippen LogP contribution in [0.1, 0.15) is 18.1 Å². The van der Waals surface area contributed by atoms with Crippen molar-refractivity contribution in [2.75, 3.05) is 27.9 Å². The van der Waals surface area contributed by atoms with Crippen LogP contribution in [0.25, 0.3) is 6.08 Å².